The highest BCUT2D eigenvalue weighted by atomic mass is 16.5. The summed E-state index contributed by atoms with van der Waals surface area (Å²) in [7, 11) is 1.42. The van der Waals surface area contributed by atoms with Gasteiger partial charge in [-0.2, -0.15) is 0 Å². The lowest BCUT2D eigenvalue weighted by Gasteiger charge is -2.19. The van der Waals surface area contributed by atoms with Crippen molar-refractivity contribution in [2.75, 3.05) is 20.2 Å². The minimum absolute atomic E-state index is 0.134. The van der Waals surface area contributed by atoms with Gasteiger partial charge in [-0.1, -0.05) is 37.8 Å². The van der Waals surface area contributed by atoms with Crippen molar-refractivity contribution in [1.29, 1.82) is 0 Å². The second-order valence-electron chi connectivity index (χ2n) is 5.07. The van der Waals surface area contributed by atoms with Crippen LogP contribution in [0.1, 0.15) is 51.4 Å². The Hall–Kier alpha value is -1.58. The summed E-state index contributed by atoms with van der Waals surface area (Å²) in [4.78, 5) is 24.6. The Labute approximate surface area is 128 Å². The van der Waals surface area contributed by atoms with E-state index in [1.807, 2.05) is 0 Å². The fourth-order valence-corrected chi connectivity index (χ4v) is 2.10. The molecule has 0 heterocycles. The van der Waals surface area contributed by atoms with E-state index in [1.165, 1.54) is 7.11 Å². The summed E-state index contributed by atoms with van der Waals surface area (Å²) in [6.07, 6.45) is 10.7. The highest BCUT2D eigenvalue weighted by Crippen LogP contribution is 2.10. The summed E-state index contributed by atoms with van der Waals surface area (Å²) < 4.78 is 4.59. The molecular formula is C17H29NO3. The minimum Gasteiger partial charge on any atom is -0.469 e. The molecule has 0 fully saturated rings. The number of carbonyl (C=O) groups is 2. The molecule has 1 amide bonds. The first-order chi connectivity index (χ1) is 10.2. The molecule has 0 saturated heterocycles. The van der Waals surface area contributed by atoms with E-state index in [2.05, 4.69) is 17.9 Å². The van der Waals surface area contributed by atoms with Crippen molar-refractivity contribution in [3.8, 4) is 0 Å². The van der Waals surface area contributed by atoms with Crippen LogP contribution >= 0.6 is 0 Å². The first-order valence-electron chi connectivity index (χ1n) is 7.72. The summed E-state index contributed by atoms with van der Waals surface area (Å²) in [5.74, 6) is 0.0330. The molecule has 0 aliphatic carbocycles. The van der Waals surface area contributed by atoms with Gasteiger partial charge in [-0.15, -0.1) is 13.2 Å². The first-order valence-corrected chi connectivity index (χ1v) is 7.72. The summed E-state index contributed by atoms with van der Waals surface area (Å²) in [5, 5.41) is 0. The predicted molar refractivity (Wildman–Crippen MR) is 85.9 cm³/mol. The van der Waals surface area contributed by atoms with E-state index < -0.39 is 0 Å². The van der Waals surface area contributed by atoms with Crippen LogP contribution in [0.2, 0.25) is 0 Å². The summed E-state index contributed by atoms with van der Waals surface area (Å²) >= 11 is 0. The van der Waals surface area contributed by atoms with Crippen LogP contribution in [0, 0.1) is 0 Å². The molecule has 0 bridgehead atoms. The largest absolute Gasteiger partial charge is 0.469 e. The summed E-state index contributed by atoms with van der Waals surface area (Å²) in [6.45, 7) is 8.49. The fraction of sp³-hybridized carbons (Fsp3) is 0.647. The van der Waals surface area contributed by atoms with E-state index in [9.17, 15) is 9.59 Å². The van der Waals surface area contributed by atoms with Crippen LogP contribution < -0.4 is 0 Å². The molecule has 0 saturated carbocycles. The van der Waals surface area contributed by atoms with Crippen molar-refractivity contribution in [1.82, 2.24) is 4.90 Å². The smallest absolute Gasteiger partial charge is 0.305 e. The van der Waals surface area contributed by atoms with Crippen LogP contribution in [0.25, 0.3) is 0 Å². The molecule has 0 aromatic rings. The van der Waals surface area contributed by atoms with E-state index in [1.54, 1.807) is 17.1 Å². The third-order valence-electron chi connectivity index (χ3n) is 3.30. The zero-order chi connectivity index (χ0) is 15.9. The normalized spacial score (nSPS) is 9.95. The average molecular weight is 295 g/mol. The molecule has 4 nitrogen and oxygen atoms in total. The van der Waals surface area contributed by atoms with Gasteiger partial charge in [0.15, 0.2) is 0 Å². The Kier molecular flexibility index (Phi) is 12.4. The van der Waals surface area contributed by atoms with Gasteiger partial charge in [0, 0.05) is 25.9 Å². The molecular weight excluding hydrogens is 266 g/mol. The number of nitrogens with zero attached hydrogens (tertiary/aromatic N) is 1. The van der Waals surface area contributed by atoms with Crippen molar-refractivity contribution in [3.63, 3.8) is 0 Å². The maximum Gasteiger partial charge on any atom is 0.305 e. The molecule has 0 atom stereocenters. The quantitative estimate of drug-likeness (QED) is 0.297. The van der Waals surface area contributed by atoms with Gasteiger partial charge in [-0.25, -0.2) is 0 Å². The molecule has 0 spiro atoms. The van der Waals surface area contributed by atoms with Gasteiger partial charge in [0.1, 0.15) is 0 Å². The number of unbranched alkanes of at least 4 members (excludes halogenated alkanes) is 5. The van der Waals surface area contributed by atoms with Gasteiger partial charge in [-0.05, 0) is 12.8 Å². The summed E-state index contributed by atoms with van der Waals surface area (Å²) in [5.41, 5.74) is 0. The van der Waals surface area contributed by atoms with Crippen molar-refractivity contribution < 1.29 is 14.3 Å². The highest BCUT2D eigenvalue weighted by Gasteiger charge is 2.09. The van der Waals surface area contributed by atoms with E-state index in [4.69, 9.17) is 0 Å². The molecule has 4 heteroatoms. The Morgan fingerprint density at radius 1 is 0.905 bits per heavy atom. The second kappa shape index (κ2) is 13.4. The lowest BCUT2D eigenvalue weighted by molar-refractivity contribution is -0.140. The topological polar surface area (TPSA) is 46.6 Å². The van der Waals surface area contributed by atoms with Crippen molar-refractivity contribution in [3.05, 3.63) is 25.3 Å². The Morgan fingerprint density at radius 3 is 1.86 bits per heavy atom. The van der Waals surface area contributed by atoms with Gasteiger partial charge >= 0.3 is 5.97 Å². The van der Waals surface area contributed by atoms with Crippen molar-refractivity contribution in [2.24, 2.45) is 0 Å². The van der Waals surface area contributed by atoms with E-state index in [0.29, 0.717) is 25.9 Å². The van der Waals surface area contributed by atoms with Gasteiger partial charge < -0.3 is 9.64 Å². The van der Waals surface area contributed by atoms with Gasteiger partial charge in [0.2, 0.25) is 5.91 Å². The molecule has 0 radical (unpaired) electrons. The fourth-order valence-electron chi connectivity index (χ4n) is 2.10. The SMILES string of the molecule is C=CCN(CC=C)C(=O)CCCCCCCCC(=O)OC. The number of ether oxygens (including phenoxy) is 1. The summed E-state index contributed by atoms with van der Waals surface area (Å²) in [6, 6.07) is 0. The maximum atomic E-state index is 11.9. The van der Waals surface area contributed by atoms with E-state index in [-0.39, 0.29) is 11.9 Å². The second-order valence-corrected chi connectivity index (χ2v) is 5.07. The molecule has 0 unspecified atom stereocenters. The molecule has 21 heavy (non-hydrogen) atoms. The van der Waals surface area contributed by atoms with Gasteiger partial charge in [-0.3, -0.25) is 9.59 Å². The van der Waals surface area contributed by atoms with Crippen molar-refractivity contribution >= 4 is 11.9 Å². The van der Waals surface area contributed by atoms with Crippen LogP contribution in [0.5, 0.6) is 0 Å². The van der Waals surface area contributed by atoms with Gasteiger partial charge in [0.25, 0.3) is 0 Å². The molecule has 0 aliphatic heterocycles. The lowest BCUT2D eigenvalue weighted by atomic mass is 10.1. The molecule has 0 aliphatic rings. The number of esters is 1. The third-order valence-corrected chi connectivity index (χ3v) is 3.30. The van der Waals surface area contributed by atoms with Crippen LogP contribution in [-0.4, -0.2) is 37.0 Å². The third kappa shape index (κ3) is 10.8. The van der Waals surface area contributed by atoms with Crippen LogP contribution in [0.15, 0.2) is 25.3 Å². The number of rotatable bonds is 13. The standard InChI is InChI=1S/C17H29NO3/c1-4-14-18(15-5-2)16(19)12-10-8-6-7-9-11-13-17(20)21-3/h4-5H,1-2,6-15H2,3H3. The number of carbonyl (C=O) groups excluding carboxylic acids is 2. The molecule has 120 valence electrons. The highest BCUT2D eigenvalue weighted by molar-refractivity contribution is 5.76. The van der Waals surface area contributed by atoms with E-state index >= 15 is 0 Å². The van der Waals surface area contributed by atoms with Crippen LogP contribution in [0.3, 0.4) is 0 Å². The number of hydrogen-bond donors (Lipinski definition) is 0. The monoisotopic (exact) mass is 295 g/mol. The number of hydrogen-bond acceptors (Lipinski definition) is 3. The predicted octanol–water partition coefficient (Wildman–Crippen LogP) is 3.48. The maximum absolute atomic E-state index is 11.9. The molecule has 0 aromatic carbocycles. The lowest BCUT2D eigenvalue weighted by Crippen LogP contribution is -2.30. The Morgan fingerprint density at radius 2 is 1.38 bits per heavy atom. The van der Waals surface area contributed by atoms with Crippen LogP contribution in [-0.2, 0) is 14.3 Å². The van der Waals surface area contributed by atoms with Gasteiger partial charge in [0.05, 0.1) is 7.11 Å². The Bertz CT molecular complexity index is 316. The zero-order valence-corrected chi connectivity index (χ0v) is 13.3. The first kappa shape index (κ1) is 19.4. The molecule has 0 rings (SSSR count). The molecule has 0 N–H and O–H groups in total. The van der Waals surface area contributed by atoms with Crippen molar-refractivity contribution in [2.45, 2.75) is 51.4 Å². The van der Waals surface area contributed by atoms with Crippen LogP contribution in [0.4, 0.5) is 0 Å². The zero-order valence-electron chi connectivity index (χ0n) is 13.3. The molecule has 0 aromatic heterocycles. The Balaban J connectivity index is 3.56. The van der Waals surface area contributed by atoms with E-state index in [0.717, 1.165) is 38.5 Å². The average Bonchev–Trinajstić information content (AvgIpc) is 2.49. The number of amides is 1. The minimum atomic E-state index is -0.134. The number of methoxy groups -OCH3 is 1.